The summed E-state index contributed by atoms with van der Waals surface area (Å²) in [5, 5.41) is 6.49. The van der Waals surface area contributed by atoms with Crippen molar-refractivity contribution >= 4 is 43.1 Å². The zero-order chi connectivity index (χ0) is 39.8. The lowest BCUT2D eigenvalue weighted by Gasteiger charge is -2.42. The number of hydrogen-bond donors (Lipinski definition) is 3. The topological polar surface area (TPSA) is 148 Å². The van der Waals surface area contributed by atoms with E-state index in [-0.39, 0.29) is 6.42 Å². The number of hydrogen-bond acceptors (Lipinski definition) is 8. The summed E-state index contributed by atoms with van der Waals surface area (Å²) in [6.45, 7) is 20.0. The van der Waals surface area contributed by atoms with Crippen LogP contribution in [-0.4, -0.2) is 87.1 Å². The number of esters is 1. The fourth-order valence-corrected chi connectivity index (χ4v) is 12.5. The predicted octanol–water partition coefficient (Wildman–Crippen LogP) is 7.05. The molecule has 1 heterocycles. The Hall–Kier alpha value is -4.36. The number of fused-ring (bicyclic) bond motifs is 1. The predicted molar refractivity (Wildman–Crippen MR) is 209 cm³/mol. The zero-order valence-corrected chi connectivity index (χ0v) is 34.7. The van der Waals surface area contributed by atoms with E-state index in [1.165, 1.54) is 33.1 Å². The fraction of sp³-hybridized carbons (Fsp3) is 0.550. The number of alkyl carbamates (subject to hydrolysis) is 1. The minimum absolute atomic E-state index is 0.124. The van der Waals surface area contributed by atoms with Gasteiger partial charge in [-0.05, 0) is 73.6 Å². The number of amides is 3. The maximum atomic E-state index is 14.5. The highest BCUT2D eigenvalue weighted by molar-refractivity contribution is 6.78. The number of aromatic amines is 1. The number of ether oxygens (including phenoxy) is 3. The lowest BCUT2D eigenvalue weighted by molar-refractivity contribution is -0.155. The number of para-hydroxylation sites is 1. The van der Waals surface area contributed by atoms with Crippen LogP contribution in [0.15, 0.2) is 54.7 Å². The first kappa shape index (κ1) is 43.0. The molecule has 3 rings (SSSR count). The van der Waals surface area contributed by atoms with Crippen molar-refractivity contribution in [2.24, 2.45) is 0 Å². The van der Waals surface area contributed by atoms with Gasteiger partial charge < -0.3 is 39.2 Å². The van der Waals surface area contributed by atoms with Gasteiger partial charge in [0.15, 0.2) is 6.10 Å². The minimum Gasteiger partial charge on any atom is -0.543 e. The quantitative estimate of drug-likeness (QED) is 0.104. The van der Waals surface area contributed by atoms with Crippen molar-refractivity contribution in [3.8, 4) is 5.75 Å². The van der Waals surface area contributed by atoms with E-state index in [0.717, 1.165) is 16.5 Å². The number of carbonyl (C=O) groups is 4. The first-order valence-corrected chi connectivity index (χ1v) is 20.4. The molecule has 4 atom stereocenters. The highest BCUT2D eigenvalue weighted by atomic mass is 28.4. The summed E-state index contributed by atoms with van der Waals surface area (Å²) in [5.74, 6) is -1.03. The Morgan fingerprint density at radius 1 is 0.849 bits per heavy atom. The van der Waals surface area contributed by atoms with Gasteiger partial charge in [-0.2, -0.15) is 0 Å². The van der Waals surface area contributed by atoms with Crippen LogP contribution in [0.25, 0.3) is 10.9 Å². The van der Waals surface area contributed by atoms with Crippen LogP contribution in [-0.2, 0) is 35.0 Å². The Morgan fingerprint density at radius 2 is 1.43 bits per heavy atom. The second-order valence-corrected chi connectivity index (χ2v) is 20.9. The second kappa shape index (κ2) is 18.1. The standard InChI is InChI=1S/C40H60N4O8Si/c1-24(2)53(25(3)4,26(5)6)52-30-20-18-28(19-21-30)34(35(49-12)38(47)50-13)43-36(45)33(22-29-23-41-32-17-15-14-16-31(29)32)44(11)37(46)27(7)42-39(48)51-40(8,9)10/h14-21,23-27,33-35,41H,22H2,1-13H3,(H,42,48)(H,43,45)/t27-,33+,34-,35-/m0/s1. The smallest absolute Gasteiger partial charge is 0.408 e. The van der Waals surface area contributed by atoms with E-state index in [1.54, 1.807) is 20.8 Å². The molecular weight excluding hydrogens is 693 g/mol. The highest BCUT2D eigenvalue weighted by Gasteiger charge is 2.47. The van der Waals surface area contributed by atoms with Crippen LogP contribution in [0, 0.1) is 0 Å². The molecule has 3 amide bonds. The van der Waals surface area contributed by atoms with Crippen LogP contribution in [0.1, 0.15) is 86.4 Å². The van der Waals surface area contributed by atoms with Gasteiger partial charge in [0.2, 0.25) is 11.8 Å². The Balaban J connectivity index is 2.03. The van der Waals surface area contributed by atoms with Crippen molar-refractivity contribution < 1.29 is 37.8 Å². The van der Waals surface area contributed by atoms with E-state index >= 15 is 0 Å². The average molecular weight is 753 g/mol. The second-order valence-electron chi connectivity index (χ2n) is 15.6. The number of rotatable bonds is 16. The van der Waals surface area contributed by atoms with Gasteiger partial charge in [-0.1, -0.05) is 71.9 Å². The van der Waals surface area contributed by atoms with Gasteiger partial charge in [-0.3, -0.25) is 9.59 Å². The van der Waals surface area contributed by atoms with Gasteiger partial charge >= 0.3 is 12.1 Å². The first-order chi connectivity index (χ1) is 24.8. The van der Waals surface area contributed by atoms with Crippen LogP contribution >= 0.6 is 0 Å². The van der Waals surface area contributed by atoms with E-state index in [2.05, 4.69) is 57.2 Å². The van der Waals surface area contributed by atoms with Gasteiger partial charge in [-0.15, -0.1) is 0 Å². The number of nitrogens with zero attached hydrogens (tertiary/aromatic N) is 1. The Bertz CT molecular complexity index is 1680. The van der Waals surface area contributed by atoms with E-state index < -0.39 is 62.0 Å². The van der Waals surface area contributed by atoms with Crippen LogP contribution in [0.4, 0.5) is 4.79 Å². The highest BCUT2D eigenvalue weighted by Crippen LogP contribution is 2.43. The lowest BCUT2D eigenvalue weighted by Crippen LogP contribution is -2.56. The normalized spacial score (nSPS) is 14.4. The number of aromatic nitrogens is 1. The van der Waals surface area contributed by atoms with Gasteiger partial charge in [0, 0.05) is 37.7 Å². The minimum atomic E-state index is -2.26. The molecule has 1 aromatic heterocycles. The maximum Gasteiger partial charge on any atom is 0.408 e. The molecule has 0 aliphatic rings. The van der Waals surface area contributed by atoms with Crippen molar-refractivity contribution in [2.75, 3.05) is 21.3 Å². The number of benzene rings is 2. The fourth-order valence-electron chi connectivity index (χ4n) is 7.29. The van der Waals surface area contributed by atoms with Crippen LogP contribution in [0.3, 0.4) is 0 Å². The molecule has 0 spiro atoms. The molecule has 0 fully saturated rings. The van der Waals surface area contributed by atoms with Crippen molar-refractivity contribution in [3.63, 3.8) is 0 Å². The number of H-pyrrole nitrogens is 1. The van der Waals surface area contributed by atoms with Crippen molar-refractivity contribution in [3.05, 3.63) is 65.9 Å². The molecule has 12 nitrogen and oxygen atoms in total. The molecule has 13 heteroatoms. The summed E-state index contributed by atoms with van der Waals surface area (Å²) < 4.78 is 22.9. The van der Waals surface area contributed by atoms with Crippen molar-refractivity contribution in [1.29, 1.82) is 0 Å². The lowest BCUT2D eigenvalue weighted by atomic mass is 9.98. The summed E-state index contributed by atoms with van der Waals surface area (Å²) in [5.41, 5.74) is 2.58. The molecule has 53 heavy (non-hydrogen) atoms. The Kier molecular flexibility index (Phi) is 14.7. The van der Waals surface area contributed by atoms with Crippen LogP contribution in [0.5, 0.6) is 5.75 Å². The first-order valence-electron chi connectivity index (χ1n) is 18.3. The van der Waals surface area contributed by atoms with E-state index in [9.17, 15) is 19.2 Å². The Labute approximate surface area is 315 Å². The van der Waals surface area contributed by atoms with Gasteiger partial charge in [0.25, 0.3) is 8.32 Å². The summed E-state index contributed by atoms with van der Waals surface area (Å²) in [6, 6.07) is 11.9. The van der Waals surface area contributed by atoms with E-state index in [1.807, 2.05) is 54.7 Å². The number of methoxy groups -OCH3 is 2. The summed E-state index contributed by atoms with van der Waals surface area (Å²) in [4.78, 5) is 58.5. The monoisotopic (exact) mass is 752 g/mol. The molecule has 0 bridgehead atoms. The average Bonchev–Trinajstić information content (AvgIpc) is 3.50. The summed E-state index contributed by atoms with van der Waals surface area (Å²) in [7, 11) is 1.88. The molecule has 0 aliphatic heterocycles. The third-order valence-corrected chi connectivity index (χ3v) is 15.8. The third kappa shape index (κ3) is 10.4. The summed E-state index contributed by atoms with van der Waals surface area (Å²) >= 11 is 0. The molecular formula is C40H60N4O8Si. The molecule has 0 saturated carbocycles. The largest absolute Gasteiger partial charge is 0.543 e. The number of likely N-dealkylation sites (N-methyl/N-ethyl adjacent to an activating group) is 1. The molecule has 3 N–H and O–H groups in total. The Morgan fingerprint density at radius 3 is 1.96 bits per heavy atom. The molecule has 0 aliphatic carbocycles. The molecule has 0 unspecified atom stereocenters. The molecule has 292 valence electrons. The number of carbonyl (C=O) groups excluding carboxylic acids is 4. The van der Waals surface area contributed by atoms with E-state index in [4.69, 9.17) is 18.6 Å². The SMILES string of the molecule is COC(=O)[C@@H](OC)[C@@H](NC(=O)[C@@H](Cc1c[nH]c2ccccc12)N(C)C(=O)[C@H](C)NC(=O)OC(C)(C)C)c1ccc(O[Si](C(C)C)(C(C)C)C(C)C)cc1. The van der Waals surface area contributed by atoms with Gasteiger partial charge in [0.05, 0.1) is 13.2 Å². The van der Waals surface area contributed by atoms with Crippen molar-refractivity contribution in [2.45, 2.75) is 122 Å². The molecule has 0 radical (unpaired) electrons. The molecule has 3 aromatic rings. The summed E-state index contributed by atoms with van der Waals surface area (Å²) in [6.07, 6.45) is -0.0381. The molecule has 2 aromatic carbocycles. The van der Waals surface area contributed by atoms with Gasteiger partial charge in [-0.25, -0.2) is 9.59 Å². The zero-order valence-electron chi connectivity index (χ0n) is 33.7. The van der Waals surface area contributed by atoms with Crippen LogP contribution < -0.4 is 15.1 Å². The van der Waals surface area contributed by atoms with Gasteiger partial charge in [0.1, 0.15) is 23.4 Å². The van der Waals surface area contributed by atoms with E-state index in [0.29, 0.717) is 27.9 Å². The third-order valence-electron chi connectivity index (χ3n) is 9.84. The maximum absolute atomic E-state index is 14.5. The molecule has 0 saturated heterocycles. The van der Waals surface area contributed by atoms with Crippen LogP contribution in [0.2, 0.25) is 16.6 Å². The number of nitrogens with one attached hydrogen (secondary N) is 3. The van der Waals surface area contributed by atoms with Crippen molar-refractivity contribution in [1.82, 2.24) is 20.5 Å².